The van der Waals surface area contributed by atoms with Crippen molar-refractivity contribution in [1.29, 1.82) is 0 Å². The van der Waals surface area contributed by atoms with E-state index in [1.807, 2.05) is 0 Å². The van der Waals surface area contributed by atoms with Gasteiger partial charge in [0.1, 0.15) is 9.84 Å². The van der Waals surface area contributed by atoms with Gasteiger partial charge in [0, 0.05) is 19.5 Å². The van der Waals surface area contributed by atoms with E-state index >= 15 is 0 Å². The molecule has 0 aliphatic carbocycles. The third kappa shape index (κ3) is 4.39. The normalized spacial score (nSPS) is 22.1. The molecular formula is C9H18O4S. The van der Waals surface area contributed by atoms with Crippen molar-refractivity contribution in [2.24, 2.45) is 5.92 Å². The van der Waals surface area contributed by atoms with Gasteiger partial charge in [-0.3, -0.25) is 0 Å². The molecule has 0 aromatic carbocycles. The molecule has 1 aliphatic rings. The molecule has 1 fully saturated rings. The van der Waals surface area contributed by atoms with E-state index in [1.54, 1.807) is 0 Å². The van der Waals surface area contributed by atoms with Gasteiger partial charge >= 0.3 is 0 Å². The minimum absolute atomic E-state index is 0.0749. The van der Waals surface area contributed by atoms with Crippen LogP contribution in [-0.4, -0.2) is 44.9 Å². The van der Waals surface area contributed by atoms with Crippen molar-refractivity contribution in [2.45, 2.75) is 25.4 Å². The number of rotatable bonds is 4. The zero-order valence-electron chi connectivity index (χ0n) is 8.48. The Morgan fingerprint density at radius 3 is 2.50 bits per heavy atom. The number of ether oxygens (including phenoxy) is 1. The van der Waals surface area contributed by atoms with E-state index < -0.39 is 15.9 Å². The maximum atomic E-state index is 10.9. The Labute approximate surface area is 85.2 Å². The Kier molecular flexibility index (Phi) is 4.34. The first-order valence-electron chi connectivity index (χ1n) is 4.92. The van der Waals surface area contributed by atoms with Crippen molar-refractivity contribution < 1.29 is 18.3 Å². The van der Waals surface area contributed by atoms with Crippen LogP contribution in [0.1, 0.15) is 19.3 Å². The summed E-state index contributed by atoms with van der Waals surface area (Å²) in [5.74, 6) is 0.288. The average Bonchev–Trinajstić information content (AvgIpc) is 2.14. The van der Waals surface area contributed by atoms with Crippen LogP contribution in [0.5, 0.6) is 0 Å². The van der Waals surface area contributed by atoms with E-state index in [1.165, 1.54) is 6.26 Å². The predicted molar refractivity (Wildman–Crippen MR) is 53.9 cm³/mol. The SMILES string of the molecule is CS(=O)(=O)CCC(O)C1CCOCC1. The number of aliphatic hydroxyl groups is 1. The van der Waals surface area contributed by atoms with Gasteiger partial charge in [-0.25, -0.2) is 8.42 Å². The predicted octanol–water partition coefficient (Wildman–Crippen LogP) is 0.209. The van der Waals surface area contributed by atoms with Crippen LogP contribution in [0.25, 0.3) is 0 Å². The second kappa shape index (κ2) is 5.09. The van der Waals surface area contributed by atoms with E-state index in [2.05, 4.69) is 0 Å². The molecular weight excluding hydrogens is 204 g/mol. The molecule has 0 aromatic rings. The van der Waals surface area contributed by atoms with Crippen molar-refractivity contribution in [2.75, 3.05) is 25.2 Å². The molecule has 1 rings (SSSR count). The van der Waals surface area contributed by atoms with Crippen LogP contribution < -0.4 is 0 Å². The number of aliphatic hydroxyl groups excluding tert-OH is 1. The summed E-state index contributed by atoms with van der Waals surface area (Å²) in [6.07, 6.45) is 2.73. The molecule has 1 atom stereocenters. The van der Waals surface area contributed by atoms with Crippen molar-refractivity contribution in [1.82, 2.24) is 0 Å². The van der Waals surface area contributed by atoms with Crippen molar-refractivity contribution >= 4 is 9.84 Å². The highest BCUT2D eigenvalue weighted by Gasteiger charge is 2.22. The number of hydrogen-bond acceptors (Lipinski definition) is 4. The largest absolute Gasteiger partial charge is 0.393 e. The molecule has 0 spiro atoms. The van der Waals surface area contributed by atoms with Crippen LogP contribution >= 0.6 is 0 Å². The first kappa shape index (κ1) is 11.9. The third-order valence-electron chi connectivity index (χ3n) is 2.59. The fourth-order valence-corrected chi connectivity index (χ4v) is 2.34. The third-order valence-corrected chi connectivity index (χ3v) is 3.57. The van der Waals surface area contributed by atoms with Gasteiger partial charge in [-0.2, -0.15) is 0 Å². The van der Waals surface area contributed by atoms with Gasteiger partial charge in [-0.1, -0.05) is 0 Å². The molecule has 4 nitrogen and oxygen atoms in total. The molecule has 14 heavy (non-hydrogen) atoms. The van der Waals surface area contributed by atoms with Gasteiger partial charge in [0.05, 0.1) is 11.9 Å². The second-order valence-electron chi connectivity index (χ2n) is 3.94. The average molecular weight is 222 g/mol. The van der Waals surface area contributed by atoms with Gasteiger partial charge in [0.25, 0.3) is 0 Å². The van der Waals surface area contributed by atoms with Gasteiger partial charge in [0.15, 0.2) is 0 Å². The molecule has 0 radical (unpaired) electrons. The first-order valence-corrected chi connectivity index (χ1v) is 6.98. The summed E-state index contributed by atoms with van der Waals surface area (Å²) >= 11 is 0. The fourth-order valence-electron chi connectivity index (χ4n) is 1.67. The number of sulfone groups is 1. The Bertz CT molecular complexity index is 254. The fraction of sp³-hybridized carbons (Fsp3) is 1.00. The quantitative estimate of drug-likeness (QED) is 0.738. The lowest BCUT2D eigenvalue weighted by molar-refractivity contribution is 0.00717. The number of hydrogen-bond donors (Lipinski definition) is 1. The highest BCUT2D eigenvalue weighted by atomic mass is 32.2. The maximum Gasteiger partial charge on any atom is 0.147 e. The van der Waals surface area contributed by atoms with Gasteiger partial charge in [-0.05, 0) is 25.2 Å². The van der Waals surface area contributed by atoms with Crippen LogP contribution in [-0.2, 0) is 14.6 Å². The molecule has 0 saturated carbocycles. The van der Waals surface area contributed by atoms with Gasteiger partial charge < -0.3 is 9.84 Å². The zero-order chi connectivity index (χ0) is 10.6. The lowest BCUT2D eigenvalue weighted by Crippen LogP contribution is -2.28. The van der Waals surface area contributed by atoms with Gasteiger partial charge in [0.2, 0.25) is 0 Å². The second-order valence-corrected chi connectivity index (χ2v) is 6.20. The molecule has 0 amide bonds. The van der Waals surface area contributed by atoms with E-state index in [-0.39, 0.29) is 11.7 Å². The van der Waals surface area contributed by atoms with Crippen LogP contribution in [0.3, 0.4) is 0 Å². The molecule has 1 saturated heterocycles. The maximum absolute atomic E-state index is 10.9. The van der Waals surface area contributed by atoms with Crippen LogP contribution in [0.15, 0.2) is 0 Å². The molecule has 1 unspecified atom stereocenters. The minimum atomic E-state index is -2.95. The summed E-state index contributed by atoms with van der Waals surface area (Å²) in [7, 11) is -2.95. The van der Waals surface area contributed by atoms with Crippen molar-refractivity contribution in [3.63, 3.8) is 0 Å². The van der Waals surface area contributed by atoms with E-state index in [0.29, 0.717) is 19.6 Å². The summed E-state index contributed by atoms with van der Waals surface area (Å²) in [6, 6.07) is 0. The molecule has 1 heterocycles. The first-order chi connectivity index (χ1) is 6.49. The van der Waals surface area contributed by atoms with E-state index in [4.69, 9.17) is 4.74 Å². The van der Waals surface area contributed by atoms with Crippen molar-refractivity contribution in [3.8, 4) is 0 Å². The molecule has 5 heteroatoms. The smallest absolute Gasteiger partial charge is 0.147 e. The zero-order valence-corrected chi connectivity index (χ0v) is 9.29. The summed E-state index contributed by atoms with van der Waals surface area (Å²) in [6.45, 7) is 1.36. The highest BCUT2D eigenvalue weighted by molar-refractivity contribution is 7.90. The minimum Gasteiger partial charge on any atom is -0.393 e. The molecule has 84 valence electrons. The Balaban J connectivity index is 2.30. The van der Waals surface area contributed by atoms with Gasteiger partial charge in [-0.15, -0.1) is 0 Å². The summed E-state index contributed by atoms with van der Waals surface area (Å²) in [4.78, 5) is 0. The van der Waals surface area contributed by atoms with E-state index in [9.17, 15) is 13.5 Å². The van der Waals surface area contributed by atoms with Crippen LogP contribution in [0.4, 0.5) is 0 Å². The van der Waals surface area contributed by atoms with Crippen molar-refractivity contribution in [3.05, 3.63) is 0 Å². The van der Waals surface area contributed by atoms with E-state index in [0.717, 1.165) is 12.8 Å². The Morgan fingerprint density at radius 2 is 2.00 bits per heavy atom. The molecule has 0 aromatic heterocycles. The molecule has 0 bridgehead atoms. The summed E-state index contributed by atoms with van der Waals surface area (Å²) < 4.78 is 26.9. The Morgan fingerprint density at radius 1 is 1.43 bits per heavy atom. The summed E-state index contributed by atoms with van der Waals surface area (Å²) in [5.41, 5.74) is 0. The topological polar surface area (TPSA) is 63.6 Å². The molecule has 1 N–H and O–H groups in total. The lowest BCUT2D eigenvalue weighted by atomic mass is 9.92. The Hall–Kier alpha value is -0.130. The lowest BCUT2D eigenvalue weighted by Gasteiger charge is -2.26. The monoisotopic (exact) mass is 222 g/mol. The van der Waals surface area contributed by atoms with Crippen LogP contribution in [0, 0.1) is 5.92 Å². The van der Waals surface area contributed by atoms with Crippen LogP contribution in [0.2, 0.25) is 0 Å². The highest BCUT2D eigenvalue weighted by Crippen LogP contribution is 2.20. The summed E-state index contributed by atoms with van der Waals surface area (Å²) in [5, 5.41) is 9.72. The standard InChI is InChI=1S/C9H18O4S/c1-14(11,12)7-4-9(10)8-2-5-13-6-3-8/h8-10H,2-7H2,1H3. The molecule has 1 aliphatic heterocycles.